The number of anilines is 2. The number of carboxylic acid groups (broad SMARTS) is 1. The Bertz CT molecular complexity index is 2270. The molecule has 21 heteroatoms. The Morgan fingerprint density at radius 2 is 1.69 bits per heavy atom. The molecule has 16 nitrogen and oxygen atoms in total. The lowest BCUT2D eigenvalue weighted by Crippen LogP contribution is -2.62. The van der Waals surface area contributed by atoms with Gasteiger partial charge in [-0.1, -0.05) is 11.6 Å². The summed E-state index contributed by atoms with van der Waals surface area (Å²) in [4.78, 5) is 61.9. The van der Waals surface area contributed by atoms with Crippen LogP contribution in [0.15, 0.2) is 42.6 Å². The first kappa shape index (κ1) is 43.5. The molecule has 0 aliphatic carbocycles. The van der Waals surface area contributed by atoms with Crippen molar-refractivity contribution in [2.75, 3.05) is 89.2 Å². The molecule has 0 atom stereocenters. The zero-order valence-corrected chi connectivity index (χ0v) is 33.7. The Balaban J connectivity index is 0.936. The zero-order chi connectivity index (χ0) is 43.5. The predicted molar refractivity (Wildman–Crippen MR) is 214 cm³/mol. The number of halogens is 5. The number of likely N-dealkylation sites (tertiary alicyclic amines) is 1. The van der Waals surface area contributed by atoms with E-state index in [-0.39, 0.29) is 95.1 Å². The number of aliphatic carboxylic acids is 1. The number of benzene rings is 2. The second kappa shape index (κ2) is 18.2. The number of aliphatic hydroxyl groups is 1. The molecule has 3 amide bonds. The number of H-pyrrole nitrogens is 2. The molecule has 5 heterocycles. The van der Waals surface area contributed by atoms with Gasteiger partial charge in [0, 0.05) is 111 Å². The number of piperidine rings is 1. The summed E-state index contributed by atoms with van der Waals surface area (Å²) in [6.45, 7) is 5.09. The summed E-state index contributed by atoms with van der Waals surface area (Å²) in [6, 6.07) is 8.12. The minimum Gasteiger partial charge on any atom is -0.477 e. The zero-order valence-electron chi connectivity index (χ0n) is 33.0. The molecule has 2 aromatic heterocycles. The van der Waals surface area contributed by atoms with Crippen molar-refractivity contribution in [1.29, 1.82) is 0 Å². The van der Waals surface area contributed by atoms with Crippen LogP contribution in [0.25, 0.3) is 11.3 Å². The summed E-state index contributed by atoms with van der Waals surface area (Å²) in [5.41, 5.74) is -1.22. The highest BCUT2D eigenvalue weighted by Gasteiger charge is 2.42. The first-order valence-electron chi connectivity index (χ1n) is 19.9. The number of aromatic amines is 2. The van der Waals surface area contributed by atoms with Crippen molar-refractivity contribution in [2.45, 2.75) is 25.4 Å². The summed E-state index contributed by atoms with van der Waals surface area (Å²) in [5, 5.41) is 33.0. The van der Waals surface area contributed by atoms with E-state index in [0.29, 0.717) is 55.1 Å². The largest absolute Gasteiger partial charge is 0.477 e. The number of hydrogen-bond acceptors (Lipinski definition) is 9. The molecule has 3 fully saturated rings. The van der Waals surface area contributed by atoms with E-state index >= 15 is 4.39 Å². The van der Waals surface area contributed by atoms with E-state index in [0.717, 1.165) is 25.7 Å². The van der Waals surface area contributed by atoms with Gasteiger partial charge in [0.25, 0.3) is 11.8 Å². The third-order valence-electron chi connectivity index (χ3n) is 11.6. The number of carboxylic acids is 1. The van der Waals surface area contributed by atoms with Gasteiger partial charge in [0.2, 0.25) is 5.91 Å². The molecule has 61 heavy (non-hydrogen) atoms. The van der Waals surface area contributed by atoms with Crippen LogP contribution in [0.5, 0.6) is 0 Å². The number of amides is 3. The van der Waals surface area contributed by atoms with Crippen molar-refractivity contribution in [1.82, 2.24) is 35.3 Å². The number of carbonyl (C=O) groups is 4. The van der Waals surface area contributed by atoms with Crippen molar-refractivity contribution in [2.24, 2.45) is 11.8 Å². The second-order valence-electron chi connectivity index (χ2n) is 15.8. The van der Waals surface area contributed by atoms with Crippen LogP contribution in [-0.2, 0) is 22.2 Å². The van der Waals surface area contributed by atoms with Crippen LogP contribution in [-0.4, -0.2) is 147 Å². The van der Waals surface area contributed by atoms with Gasteiger partial charge in [-0.25, -0.2) is 14.2 Å². The van der Waals surface area contributed by atoms with Gasteiger partial charge in [-0.2, -0.15) is 18.3 Å². The molecule has 7 rings (SSSR count). The van der Waals surface area contributed by atoms with E-state index in [1.165, 1.54) is 36.5 Å². The molecule has 3 aliphatic heterocycles. The third kappa shape index (κ3) is 9.98. The first-order valence-corrected chi connectivity index (χ1v) is 20.3. The molecule has 7 N–H and O–H groups in total. The predicted octanol–water partition coefficient (Wildman–Crippen LogP) is 3.67. The standard InChI is InChI=1S/C40H45ClF4N10O6/c41-31-16-26(2-3-28(31)39(61)54-10-8-53(9-11-54)38(60)24-5-12-55(13-6-24,22-33(57)58)21-23-18-46-19-23)50-37(59)36-48-20-27(49-36)15-30-34(51-52-35(30)40(43,44)45)29-4-1-25(17-32(29)42)47-7-14-56/h1-4,16-17,20,23-24,46,56H,5-15,18-19,21-22H2,(H4-,47,48,49,50,51,52,57,58,59,61)/p+1. The van der Waals surface area contributed by atoms with E-state index in [2.05, 4.69) is 31.0 Å². The third-order valence-corrected chi connectivity index (χ3v) is 11.9. The number of aromatic nitrogens is 4. The lowest BCUT2D eigenvalue weighted by Gasteiger charge is -2.46. The highest BCUT2D eigenvalue weighted by molar-refractivity contribution is 6.34. The van der Waals surface area contributed by atoms with E-state index in [1.54, 1.807) is 9.80 Å². The molecule has 0 radical (unpaired) electrons. The van der Waals surface area contributed by atoms with Crippen LogP contribution in [0.1, 0.15) is 50.8 Å². The van der Waals surface area contributed by atoms with Crippen molar-refractivity contribution in [3.63, 3.8) is 0 Å². The van der Waals surface area contributed by atoms with E-state index in [4.69, 9.17) is 16.7 Å². The molecule has 0 saturated carbocycles. The van der Waals surface area contributed by atoms with Gasteiger partial charge in [-0.3, -0.25) is 19.5 Å². The Hall–Kier alpha value is -5.57. The Labute approximate surface area is 352 Å². The normalized spacial score (nSPS) is 19.7. The van der Waals surface area contributed by atoms with Crippen LogP contribution >= 0.6 is 11.6 Å². The van der Waals surface area contributed by atoms with Gasteiger partial charge in [0.1, 0.15) is 11.5 Å². The number of nitrogens with one attached hydrogen (secondary N) is 5. The van der Waals surface area contributed by atoms with Crippen molar-refractivity contribution in [3.05, 3.63) is 81.8 Å². The quantitative estimate of drug-likeness (QED) is 0.0723. The van der Waals surface area contributed by atoms with Crippen molar-refractivity contribution < 1.29 is 51.4 Å². The van der Waals surface area contributed by atoms with Crippen LogP contribution in [0.3, 0.4) is 0 Å². The number of hydrogen-bond donors (Lipinski definition) is 7. The molecular weight excluding hydrogens is 828 g/mol. The first-order chi connectivity index (χ1) is 29.1. The van der Waals surface area contributed by atoms with Crippen LogP contribution in [0, 0.1) is 17.7 Å². The summed E-state index contributed by atoms with van der Waals surface area (Å²) in [5.74, 6) is -2.73. The molecule has 3 saturated heterocycles. The van der Waals surface area contributed by atoms with E-state index in [9.17, 15) is 37.5 Å². The van der Waals surface area contributed by atoms with Gasteiger partial charge in [-0.05, 0) is 36.4 Å². The van der Waals surface area contributed by atoms with Crippen LogP contribution in [0.2, 0.25) is 5.02 Å². The van der Waals surface area contributed by atoms with Gasteiger partial charge in [0.05, 0.1) is 42.5 Å². The minimum absolute atomic E-state index is 0.0231. The molecule has 4 aromatic rings. The van der Waals surface area contributed by atoms with Gasteiger partial charge in [-0.15, -0.1) is 0 Å². The Morgan fingerprint density at radius 1 is 0.984 bits per heavy atom. The number of imidazole rings is 1. The van der Waals surface area contributed by atoms with Gasteiger partial charge < -0.3 is 45.4 Å². The van der Waals surface area contributed by atoms with Gasteiger partial charge >= 0.3 is 12.1 Å². The molecule has 3 aliphatic rings. The molecule has 0 unspecified atom stereocenters. The smallest absolute Gasteiger partial charge is 0.433 e. The number of piperazine rings is 1. The van der Waals surface area contributed by atoms with Gasteiger partial charge in [0.15, 0.2) is 12.4 Å². The maximum Gasteiger partial charge on any atom is 0.433 e. The number of quaternary nitrogens is 1. The summed E-state index contributed by atoms with van der Waals surface area (Å²) in [7, 11) is 0. The second-order valence-corrected chi connectivity index (χ2v) is 16.2. The van der Waals surface area contributed by atoms with Crippen molar-refractivity contribution >= 4 is 46.7 Å². The SMILES string of the molecule is O=C(O)C[N+]1(CC2CNC2)CCC(C(=O)N2CCN(C(=O)c3ccc(NC(=O)c4ncc(Cc5c(-c6ccc(NCCO)cc6F)n[nH]c5C(F)(F)F)[nH]4)cc3Cl)CC2)CC1. The summed E-state index contributed by atoms with van der Waals surface area (Å²) >= 11 is 6.53. The highest BCUT2D eigenvalue weighted by atomic mass is 35.5. The van der Waals surface area contributed by atoms with Crippen LogP contribution < -0.4 is 16.0 Å². The fraction of sp³-hybridized carbons (Fsp3) is 0.450. The monoisotopic (exact) mass is 873 g/mol. The molecular formula is C40H46ClF4N10O6+. The summed E-state index contributed by atoms with van der Waals surface area (Å²) < 4.78 is 57.7. The van der Waals surface area contributed by atoms with E-state index < -0.39 is 36.0 Å². The fourth-order valence-electron chi connectivity index (χ4n) is 8.36. The number of aliphatic hydroxyl groups excluding tert-OH is 1. The lowest BCUT2D eigenvalue weighted by atomic mass is 9.90. The maximum atomic E-state index is 15.1. The van der Waals surface area contributed by atoms with Crippen molar-refractivity contribution in [3.8, 4) is 11.3 Å². The molecule has 2 aromatic carbocycles. The van der Waals surface area contributed by atoms with Crippen LogP contribution in [0.4, 0.5) is 28.9 Å². The number of rotatable bonds is 14. The lowest BCUT2D eigenvalue weighted by molar-refractivity contribution is -0.929. The maximum absolute atomic E-state index is 15.1. The highest BCUT2D eigenvalue weighted by Crippen LogP contribution is 2.37. The topological polar surface area (TPSA) is 209 Å². The average Bonchev–Trinajstić information content (AvgIpc) is 3.86. The fourth-order valence-corrected chi connectivity index (χ4v) is 8.62. The molecule has 0 bridgehead atoms. The minimum atomic E-state index is -4.86. The number of nitrogens with zero attached hydrogens (tertiary/aromatic N) is 5. The summed E-state index contributed by atoms with van der Waals surface area (Å²) in [6.07, 6.45) is -2.89. The average molecular weight is 874 g/mol. The Morgan fingerprint density at radius 3 is 2.31 bits per heavy atom. The van der Waals surface area contributed by atoms with E-state index in [1.807, 2.05) is 5.10 Å². The number of alkyl halides is 3. The molecule has 0 spiro atoms. The Kier molecular flexibility index (Phi) is 13.0. The number of carbonyl (C=O) groups excluding carboxylic acids is 3. The molecule has 326 valence electrons.